The van der Waals surface area contributed by atoms with Crippen LogP contribution in [0.4, 0.5) is 5.69 Å². The smallest absolute Gasteiger partial charge is 0.175 e. The van der Waals surface area contributed by atoms with Crippen LogP contribution in [0.1, 0.15) is 5.56 Å². The summed E-state index contributed by atoms with van der Waals surface area (Å²) in [5.74, 6) is 0. The van der Waals surface area contributed by atoms with Crippen LogP contribution in [-0.4, -0.2) is 16.7 Å². The Hall–Kier alpha value is -2.69. The molecule has 0 spiro atoms. The van der Waals surface area contributed by atoms with E-state index in [1.807, 2.05) is 30.3 Å². The van der Waals surface area contributed by atoms with Crippen molar-refractivity contribution in [2.45, 2.75) is 6.61 Å². The van der Waals surface area contributed by atoms with Crippen LogP contribution in [0.15, 0.2) is 46.0 Å². The van der Waals surface area contributed by atoms with Gasteiger partial charge in [0.05, 0.1) is 5.69 Å². The third-order valence-corrected chi connectivity index (χ3v) is 3.18. The number of benzene rings is 2. The van der Waals surface area contributed by atoms with Crippen LogP contribution >= 0.6 is 0 Å². The lowest BCUT2D eigenvalue weighted by atomic mass is 10.0. The van der Waals surface area contributed by atoms with E-state index < -0.39 is 0 Å². The number of aromatic nitrogens is 2. The van der Waals surface area contributed by atoms with E-state index in [4.69, 9.17) is 9.37 Å². The lowest BCUT2D eigenvalue weighted by Crippen LogP contribution is -1.96. The van der Waals surface area contributed by atoms with Crippen LogP contribution in [0, 0.1) is 0 Å². The van der Waals surface area contributed by atoms with E-state index in [0.717, 1.165) is 33.4 Å². The van der Waals surface area contributed by atoms with Crippen LogP contribution in [0.2, 0.25) is 0 Å². The van der Waals surface area contributed by atoms with E-state index in [1.165, 1.54) is 6.40 Å². The fourth-order valence-corrected chi connectivity index (χ4v) is 2.17. The zero-order valence-corrected chi connectivity index (χ0v) is 9.91. The van der Waals surface area contributed by atoms with Crippen molar-refractivity contribution < 1.29 is 9.37 Å². The van der Waals surface area contributed by atoms with Crippen molar-refractivity contribution in [3.63, 3.8) is 0 Å². The van der Waals surface area contributed by atoms with Crippen molar-refractivity contribution in [2.24, 2.45) is 4.99 Å². The van der Waals surface area contributed by atoms with Gasteiger partial charge in [0.15, 0.2) is 6.40 Å². The van der Waals surface area contributed by atoms with Gasteiger partial charge in [-0.05, 0) is 39.6 Å². The number of nitrogens with zero attached hydrogens (tertiary/aromatic N) is 3. The molecule has 1 aliphatic heterocycles. The summed E-state index contributed by atoms with van der Waals surface area (Å²) in [6.45, 7) is 0.575. The summed E-state index contributed by atoms with van der Waals surface area (Å²) < 4.78 is 9.87. The first kappa shape index (κ1) is 10.3. The number of fused-ring (bicyclic) bond motifs is 2. The molecule has 0 atom stereocenters. The van der Waals surface area contributed by atoms with Gasteiger partial charge in [0, 0.05) is 5.56 Å². The third-order valence-electron chi connectivity index (χ3n) is 3.18. The Morgan fingerprint density at radius 2 is 1.74 bits per heavy atom. The Morgan fingerprint density at radius 1 is 0.895 bits per heavy atom. The largest absolute Gasteiger partial charge is 0.478 e. The summed E-state index contributed by atoms with van der Waals surface area (Å²) in [5, 5.41) is 7.65. The molecule has 2 aromatic carbocycles. The van der Waals surface area contributed by atoms with Gasteiger partial charge < -0.3 is 4.74 Å². The second-order valence-corrected chi connectivity index (χ2v) is 4.36. The molecule has 0 amide bonds. The number of hydrogen-bond acceptors (Lipinski definition) is 5. The maximum Gasteiger partial charge on any atom is 0.175 e. The molecule has 0 aliphatic carbocycles. The van der Waals surface area contributed by atoms with Crippen molar-refractivity contribution in [1.82, 2.24) is 10.3 Å². The molecule has 5 nitrogen and oxygen atoms in total. The Balaban J connectivity index is 1.85. The van der Waals surface area contributed by atoms with Gasteiger partial charge in [-0.25, -0.2) is 9.62 Å². The molecule has 0 unspecified atom stereocenters. The lowest BCUT2D eigenvalue weighted by Gasteiger charge is -2.12. The van der Waals surface area contributed by atoms with Gasteiger partial charge >= 0.3 is 0 Å². The van der Waals surface area contributed by atoms with Crippen LogP contribution < -0.4 is 0 Å². The molecule has 4 rings (SSSR count). The normalized spacial score (nSPS) is 13.3. The van der Waals surface area contributed by atoms with Gasteiger partial charge in [0.2, 0.25) is 0 Å². The van der Waals surface area contributed by atoms with E-state index in [1.54, 1.807) is 0 Å². The first-order valence-corrected chi connectivity index (χ1v) is 5.90. The molecule has 0 saturated carbocycles. The number of aliphatic imine (C=N–C) groups is 1. The monoisotopic (exact) mass is 251 g/mol. The average Bonchev–Trinajstić information content (AvgIpc) is 2.94. The van der Waals surface area contributed by atoms with Crippen molar-refractivity contribution in [3.8, 4) is 11.1 Å². The molecule has 19 heavy (non-hydrogen) atoms. The van der Waals surface area contributed by atoms with Crippen molar-refractivity contribution >= 4 is 23.1 Å². The minimum Gasteiger partial charge on any atom is -0.478 e. The summed E-state index contributed by atoms with van der Waals surface area (Å²) in [6.07, 6.45) is 1.48. The average molecular weight is 251 g/mol. The third kappa shape index (κ3) is 1.67. The van der Waals surface area contributed by atoms with Crippen molar-refractivity contribution in [1.29, 1.82) is 0 Å². The maximum absolute atomic E-state index is 5.17. The van der Waals surface area contributed by atoms with Crippen molar-refractivity contribution in [3.05, 3.63) is 42.0 Å². The number of rotatable bonds is 1. The van der Waals surface area contributed by atoms with Crippen LogP contribution in [0.25, 0.3) is 22.2 Å². The summed E-state index contributed by atoms with van der Waals surface area (Å²) in [5.41, 5.74) is 5.70. The Kier molecular flexibility index (Phi) is 2.11. The van der Waals surface area contributed by atoms with E-state index in [0.29, 0.717) is 6.61 Å². The zero-order chi connectivity index (χ0) is 12.7. The van der Waals surface area contributed by atoms with Gasteiger partial charge in [0.25, 0.3) is 0 Å². The molecule has 0 fully saturated rings. The minimum atomic E-state index is 0.575. The first-order chi connectivity index (χ1) is 9.40. The lowest BCUT2D eigenvalue weighted by molar-refractivity contribution is 0.303. The molecule has 0 N–H and O–H groups in total. The predicted molar refractivity (Wildman–Crippen MR) is 70.2 cm³/mol. The van der Waals surface area contributed by atoms with E-state index in [2.05, 4.69) is 21.4 Å². The molecule has 2 heterocycles. The molecule has 0 bridgehead atoms. The van der Waals surface area contributed by atoms with Gasteiger partial charge in [-0.1, -0.05) is 18.2 Å². The van der Waals surface area contributed by atoms with Gasteiger partial charge in [-0.3, -0.25) is 0 Å². The highest BCUT2D eigenvalue weighted by Crippen LogP contribution is 2.30. The Morgan fingerprint density at radius 3 is 2.74 bits per heavy atom. The Bertz CT molecular complexity index is 792. The number of hydrogen-bond donors (Lipinski definition) is 0. The molecule has 92 valence electrons. The summed E-state index contributed by atoms with van der Waals surface area (Å²) in [7, 11) is 0. The highest BCUT2D eigenvalue weighted by molar-refractivity contribution is 5.81. The molecular formula is C14H9N3O2. The standard InChI is InChI=1S/C14H9N3O2/c1-2-11-7-18-8-15-13(11)5-9(1)10-3-4-12-14(6-10)17-19-16-12/h1-6,8H,7H2. The Labute approximate surface area is 108 Å². The highest BCUT2D eigenvalue weighted by atomic mass is 16.6. The SMILES string of the molecule is C1=Nc2cc(-c3ccc4nonc4c3)ccc2CO1. The van der Waals surface area contributed by atoms with E-state index in [-0.39, 0.29) is 0 Å². The minimum absolute atomic E-state index is 0.575. The van der Waals surface area contributed by atoms with Gasteiger partial charge in [0.1, 0.15) is 17.6 Å². The summed E-state index contributed by atoms with van der Waals surface area (Å²) in [6, 6.07) is 12.0. The molecular weight excluding hydrogens is 242 g/mol. The predicted octanol–water partition coefficient (Wildman–Crippen LogP) is 3.08. The molecule has 3 aromatic rings. The molecule has 1 aliphatic rings. The molecule has 0 saturated heterocycles. The molecule has 0 radical (unpaired) electrons. The highest BCUT2D eigenvalue weighted by Gasteiger charge is 2.09. The van der Waals surface area contributed by atoms with Gasteiger partial charge in [-0.15, -0.1) is 0 Å². The van der Waals surface area contributed by atoms with Crippen LogP contribution in [-0.2, 0) is 11.3 Å². The second-order valence-electron chi connectivity index (χ2n) is 4.36. The maximum atomic E-state index is 5.17. The van der Waals surface area contributed by atoms with Crippen LogP contribution in [0.3, 0.4) is 0 Å². The number of ether oxygens (including phenoxy) is 1. The first-order valence-electron chi connectivity index (χ1n) is 5.90. The van der Waals surface area contributed by atoms with Crippen molar-refractivity contribution in [2.75, 3.05) is 0 Å². The van der Waals surface area contributed by atoms with Crippen LogP contribution in [0.5, 0.6) is 0 Å². The fraction of sp³-hybridized carbons (Fsp3) is 0.0714. The summed E-state index contributed by atoms with van der Waals surface area (Å²) >= 11 is 0. The second kappa shape index (κ2) is 3.91. The topological polar surface area (TPSA) is 60.5 Å². The fourth-order valence-electron chi connectivity index (χ4n) is 2.17. The van der Waals surface area contributed by atoms with Gasteiger partial charge in [-0.2, -0.15) is 0 Å². The molecule has 5 heteroatoms. The summed E-state index contributed by atoms with van der Waals surface area (Å²) in [4.78, 5) is 4.24. The zero-order valence-electron chi connectivity index (χ0n) is 9.91. The molecule has 1 aromatic heterocycles. The quantitative estimate of drug-likeness (QED) is 0.666. The van der Waals surface area contributed by atoms with E-state index >= 15 is 0 Å². The van der Waals surface area contributed by atoms with E-state index in [9.17, 15) is 0 Å².